The summed E-state index contributed by atoms with van der Waals surface area (Å²) in [6.45, 7) is 16.7. The van der Waals surface area contributed by atoms with E-state index in [1.807, 2.05) is 6.20 Å². The van der Waals surface area contributed by atoms with E-state index in [-0.39, 0.29) is 0 Å². The van der Waals surface area contributed by atoms with E-state index in [0.717, 1.165) is 39.5 Å². The summed E-state index contributed by atoms with van der Waals surface area (Å²) in [7, 11) is 0. The minimum Gasteiger partial charge on any atom is -0.289 e. The van der Waals surface area contributed by atoms with Crippen molar-refractivity contribution in [3.05, 3.63) is 24.0 Å². The van der Waals surface area contributed by atoms with Crippen LogP contribution in [-0.4, -0.2) is 59.3 Å². The minimum atomic E-state index is 0.656. The van der Waals surface area contributed by atoms with Crippen LogP contribution in [0.3, 0.4) is 0 Å². The highest BCUT2D eigenvalue weighted by molar-refractivity contribution is 5.51. The molecule has 2 aliphatic heterocycles. The first-order valence-electron chi connectivity index (χ1n) is 8.94. The van der Waals surface area contributed by atoms with Crippen molar-refractivity contribution < 1.29 is 0 Å². The van der Waals surface area contributed by atoms with Crippen molar-refractivity contribution in [2.24, 2.45) is 11.8 Å². The van der Waals surface area contributed by atoms with Crippen molar-refractivity contribution in [1.82, 2.24) is 19.8 Å². The van der Waals surface area contributed by atoms with Gasteiger partial charge in [0.05, 0.1) is 24.7 Å². The van der Waals surface area contributed by atoms with Gasteiger partial charge in [-0.15, -0.1) is 0 Å². The maximum absolute atomic E-state index is 4.65. The summed E-state index contributed by atoms with van der Waals surface area (Å²) in [5.74, 6) is 1.36. The van der Waals surface area contributed by atoms with Crippen LogP contribution in [0.1, 0.15) is 33.4 Å². The number of pyridine rings is 1. The normalized spacial score (nSPS) is 23.0. The molecule has 0 aromatic carbocycles. The zero-order valence-electron chi connectivity index (χ0n) is 15.1. The topological polar surface area (TPSA) is 25.9 Å². The Morgan fingerprint density at radius 1 is 1.04 bits per heavy atom. The fraction of sp³-hybridized carbons (Fsp3) is 0.722. The molecule has 5 heteroatoms. The summed E-state index contributed by atoms with van der Waals surface area (Å²) < 4.78 is 0. The molecule has 0 radical (unpaired) electrons. The van der Waals surface area contributed by atoms with E-state index in [1.165, 1.54) is 17.9 Å². The van der Waals surface area contributed by atoms with Gasteiger partial charge in [0.2, 0.25) is 0 Å². The Labute approximate surface area is 140 Å². The largest absolute Gasteiger partial charge is 0.289 e. The fourth-order valence-electron chi connectivity index (χ4n) is 3.66. The lowest BCUT2D eigenvalue weighted by molar-refractivity contribution is 0.0435. The summed E-state index contributed by atoms with van der Waals surface area (Å²) in [5, 5.41) is 4.99. The van der Waals surface area contributed by atoms with Crippen LogP contribution in [0.15, 0.2) is 18.3 Å². The standard InChI is InChI=1S/C18H31N5/c1-15(2)10-20-8-9-22(11-16(3)4)23-14-21(13-20)12-17-18(23)6-5-7-19-17/h5-7,15-16H,8-14H2,1-4H3. The van der Waals surface area contributed by atoms with Gasteiger partial charge in [-0.05, 0) is 24.0 Å². The molecule has 2 bridgehead atoms. The molecular formula is C18H31N5. The third-order valence-electron chi connectivity index (χ3n) is 4.47. The lowest BCUT2D eigenvalue weighted by atomic mass is 10.2. The molecule has 3 rings (SSSR count). The first-order valence-corrected chi connectivity index (χ1v) is 8.94. The monoisotopic (exact) mass is 317 g/mol. The predicted molar refractivity (Wildman–Crippen MR) is 94.8 cm³/mol. The van der Waals surface area contributed by atoms with Crippen LogP contribution >= 0.6 is 0 Å². The molecule has 1 fully saturated rings. The van der Waals surface area contributed by atoms with Gasteiger partial charge < -0.3 is 0 Å². The van der Waals surface area contributed by atoms with Gasteiger partial charge in [-0.25, -0.2) is 5.01 Å². The summed E-state index contributed by atoms with van der Waals surface area (Å²) in [6, 6.07) is 4.28. The Balaban J connectivity index is 1.86. The summed E-state index contributed by atoms with van der Waals surface area (Å²) in [5.41, 5.74) is 2.50. The van der Waals surface area contributed by atoms with Gasteiger partial charge in [-0.3, -0.25) is 19.8 Å². The molecule has 128 valence electrons. The Bertz CT molecular complexity index is 516. The third kappa shape index (κ3) is 4.03. The maximum Gasteiger partial charge on any atom is 0.0880 e. The van der Waals surface area contributed by atoms with Crippen LogP contribution in [0.25, 0.3) is 0 Å². The smallest absolute Gasteiger partial charge is 0.0880 e. The van der Waals surface area contributed by atoms with Crippen LogP contribution in [-0.2, 0) is 6.54 Å². The summed E-state index contributed by atoms with van der Waals surface area (Å²) in [6.07, 6.45) is 1.92. The van der Waals surface area contributed by atoms with Crippen LogP contribution < -0.4 is 5.01 Å². The molecule has 2 aliphatic rings. The highest BCUT2D eigenvalue weighted by Gasteiger charge is 2.31. The van der Waals surface area contributed by atoms with Crippen molar-refractivity contribution in [3.63, 3.8) is 0 Å². The second-order valence-electron chi connectivity index (χ2n) is 7.76. The van der Waals surface area contributed by atoms with Gasteiger partial charge in [-0.1, -0.05) is 27.7 Å². The third-order valence-corrected chi connectivity index (χ3v) is 4.47. The molecule has 1 unspecified atom stereocenters. The molecule has 0 N–H and O–H groups in total. The number of hydrogen-bond acceptors (Lipinski definition) is 5. The second kappa shape index (κ2) is 7.16. The first kappa shape index (κ1) is 16.7. The predicted octanol–water partition coefficient (Wildman–Crippen LogP) is 2.46. The molecule has 1 aromatic heterocycles. The van der Waals surface area contributed by atoms with E-state index in [9.17, 15) is 0 Å². The number of rotatable bonds is 4. The molecular weight excluding hydrogens is 286 g/mol. The molecule has 1 aromatic rings. The van der Waals surface area contributed by atoms with Crippen LogP contribution in [0.4, 0.5) is 5.69 Å². The molecule has 0 saturated carbocycles. The van der Waals surface area contributed by atoms with Crippen molar-refractivity contribution in [2.45, 2.75) is 34.2 Å². The zero-order chi connectivity index (χ0) is 16.4. The second-order valence-corrected chi connectivity index (χ2v) is 7.76. The van der Waals surface area contributed by atoms with Crippen molar-refractivity contribution >= 4 is 5.69 Å². The molecule has 5 nitrogen and oxygen atoms in total. The molecule has 1 saturated heterocycles. The zero-order valence-corrected chi connectivity index (χ0v) is 15.1. The fourth-order valence-corrected chi connectivity index (χ4v) is 3.66. The van der Waals surface area contributed by atoms with Crippen LogP contribution in [0, 0.1) is 11.8 Å². The van der Waals surface area contributed by atoms with Crippen LogP contribution in [0.2, 0.25) is 0 Å². The Kier molecular flexibility index (Phi) is 5.19. The van der Waals surface area contributed by atoms with Gasteiger partial charge in [0.25, 0.3) is 0 Å². The van der Waals surface area contributed by atoms with Gasteiger partial charge in [0, 0.05) is 38.9 Å². The Morgan fingerprint density at radius 3 is 2.57 bits per heavy atom. The number of aromatic nitrogens is 1. The Morgan fingerprint density at radius 2 is 1.83 bits per heavy atom. The van der Waals surface area contributed by atoms with E-state index < -0.39 is 0 Å². The summed E-state index contributed by atoms with van der Waals surface area (Å²) >= 11 is 0. The first-order chi connectivity index (χ1) is 11.0. The molecule has 3 heterocycles. The molecule has 0 aliphatic carbocycles. The number of hydrazine groups is 1. The van der Waals surface area contributed by atoms with Gasteiger partial charge in [0.15, 0.2) is 0 Å². The van der Waals surface area contributed by atoms with Gasteiger partial charge in [-0.2, -0.15) is 0 Å². The number of anilines is 1. The van der Waals surface area contributed by atoms with Crippen LogP contribution in [0.5, 0.6) is 0 Å². The van der Waals surface area contributed by atoms with E-state index in [0.29, 0.717) is 11.8 Å². The maximum atomic E-state index is 4.65. The number of hydrogen-bond donors (Lipinski definition) is 0. The van der Waals surface area contributed by atoms with E-state index >= 15 is 0 Å². The van der Waals surface area contributed by atoms with E-state index in [2.05, 4.69) is 64.6 Å². The van der Waals surface area contributed by atoms with E-state index in [4.69, 9.17) is 0 Å². The lowest BCUT2D eigenvalue weighted by Crippen LogP contribution is -2.59. The highest BCUT2D eigenvalue weighted by Crippen LogP contribution is 2.28. The number of fused-ring (bicyclic) bond motifs is 4. The molecule has 23 heavy (non-hydrogen) atoms. The molecule has 0 amide bonds. The van der Waals surface area contributed by atoms with E-state index in [1.54, 1.807) is 0 Å². The van der Waals surface area contributed by atoms with Gasteiger partial charge >= 0.3 is 0 Å². The average Bonchev–Trinajstić information content (AvgIpc) is 2.48. The Hall–Kier alpha value is -1.17. The van der Waals surface area contributed by atoms with Crippen molar-refractivity contribution in [2.75, 3.05) is 44.5 Å². The van der Waals surface area contributed by atoms with Crippen molar-refractivity contribution in [3.8, 4) is 0 Å². The van der Waals surface area contributed by atoms with Crippen molar-refractivity contribution in [1.29, 1.82) is 0 Å². The number of nitrogens with zero attached hydrogens (tertiary/aromatic N) is 5. The summed E-state index contributed by atoms with van der Waals surface area (Å²) in [4.78, 5) is 9.76. The lowest BCUT2D eigenvalue weighted by Gasteiger charge is -2.48. The molecule has 1 atom stereocenters. The van der Waals surface area contributed by atoms with Gasteiger partial charge in [0.1, 0.15) is 0 Å². The average molecular weight is 317 g/mol. The molecule has 0 spiro atoms. The SMILES string of the molecule is CC(C)CN1CCN(CC(C)C)N2CN(Cc3ncccc32)C1. The quantitative estimate of drug-likeness (QED) is 0.850. The highest BCUT2D eigenvalue weighted by atomic mass is 15.7. The minimum absolute atomic E-state index is 0.656.